The normalized spacial score (nSPS) is 11.6. The Labute approximate surface area is 176 Å². The van der Waals surface area contributed by atoms with Crippen LogP contribution in [0.1, 0.15) is 36.2 Å². The van der Waals surface area contributed by atoms with Gasteiger partial charge in [-0.2, -0.15) is 0 Å². The van der Waals surface area contributed by atoms with Crippen LogP contribution in [0, 0.1) is 23.0 Å². The predicted octanol–water partition coefficient (Wildman–Crippen LogP) is 3.28. The molecule has 2 amide bonds. The van der Waals surface area contributed by atoms with E-state index in [1.807, 2.05) is 32.9 Å². The summed E-state index contributed by atoms with van der Waals surface area (Å²) in [6, 6.07) is 12.9. The van der Waals surface area contributed by atoms with Crippen molar-refractivity contribution in [2.75, 3.05) is 18.4 Å². The van der Waals surface area contributed by atoms with Crippen LogP contribution in [0.3, 0.4) is 0 Å². The molecule has 0 aliphatic carbocycles. The van der Waals surface area contributed by atoms with Gasteiger partial charge < -0.3 is 16.0 Å². The second kappa shape index (κ2) is 10.9. The van der Waals surface area contributed by atoms with Gasteiger partial charge in [0.25, 0.3) is 11.6 Å². The molecular weight excluding hydrogens is 384 g/mol. The first-order valence-corrected chi connectivity index (χ1v) is 9.91. The first-order valence-electron chi connectivity index (χ1n) is 9.91. The lowest BCUT2D eigenvalue weighted by Gasteiger charge is -2.21. The van der Waals surface area contributed by atoms with E-state index in [0.717, 1.165) is 5.56 Å². The molecule has 1 atom stereocenters. The molecule has 0 unspecified atom stereocenters. The molecule has 0 fully saturated rings. The van der Waals surface area contributed by atoms with Crippen LogP contribution >= 0.6 is 0 Å². The second-order valence-electron chi connectivity index (χ2n) is 7.46. The molecule has 0 heterocycles. The Kier molecular flexibility index (Phi) is 8.34. The summed E-state index contributed by atoms with van der Waals surface area (Å²) in [5.74, 6) is -0.357. The van der Waals surface area contributed by atoms with Gasteiger partial charge >= 0.3 is 0 Å². The molecule has 0 bridgehead atoms. The number of anilines is 1. The highest BCUT2D eigenvalue weighted by Gasteiger charge is 2.23. The summed E-state index contributed by atoms with van der Waals surface area (Å²) in [7, 11) is 0. The number of nitro groups is 1. The fraction of sp³-hybridized carbons (Fsp3) is 0.364. The molecule has 2 aromatic carbocycles. The van der Waals surface area contributed by atoms with Gasteiger partial charge in [0.05, 0.1) is 4.92 Å². The van der Waals surface area contributed by atoms with Gasteiger partial charge in [-0.15, -0.1) is 0 Å². The van der Waals surface area contributed by atoms with Crippen molar-refractivity contribution < 1.29 is 14.5 Å². The summed E-state index contributed by atoms with van der Waals surface area (Å²) >= 11 is 0. The lowest BCUT2D eigenvalue weighted by molar-refractivity contribution is -0.384. The van der Waals surface area contributed by atoms with Crippen molar-refractivity contribution in [3.05, 3.63) is 69.8 Å². The first-order chi connectivity index (χ1) is 14.3. The number of nitro benzene ring substituents is 1. The van der Waals surface area contributed by atoms with Gasteiger partial charge in [-0.1, -0.05) is 44.2 Å². The summed E-state index contributed by atoms with van der Waals surface area (Å²) in [6.07, 6.45) is 0.501. The summed E-state index contributed by atoms with van der Waals surface area (Å²) in [4.78, 5) is 35.9. The monoisotopic (exact) mass is 412 g/mol. The van der Waals surface area contributed by atoms with Gasteiger partial charge in [-0.3, -0.25) is 19.7 Å². The maximum Gasteiger partial charge on any atom is 0.292 e. The highest BCUT2D eigenvalue weighted by atomic mass is 16.6. The number of rotatable bonds is 10. The molecule has 2 rings (SSSR count). The van der Waals surface area contributed by atoms with Crippen LogP contribution in [0.5, 0.6) is 0 Å². The summed E-state index contributed by atoms with van der Waals surface area (Å²) in [6.45, 7) is 6.39. The van der Waals surface area contributed by atoms with Crippen molar-refractivity contribution in [1.82, 2.24) is 10.6 Å². The van der Waals surface area contributed by atoms with Crippen LogP contribution < -0.4 is 16.0 Å². The third-order valence-corrected chi connectivity index (χ3v) is 4.56. The fourth-order valence-electron chi connectivity index (χ4n) is 3.05. The van der Waals surface area contributed by atoms with Crippen molar-refractivity contribution in [1.29, 1.82) is 0 Å². The van der Waals surface area contributed by atoms with E-state index in [2.05, 4.69) is 16.0 Å². The van der Waals surface area contributed by atoms with Crippen molar-refractivity contribution in [3.8, 4) is 0 Å². The van der Waals surface area contributed by atoms with Crippen LogP contribution in [-0.4, -0.2) is 35.9 Å². The van der Waals surface area contributed by atoms with E-state index in [-0.39, 0.29) is 30.0 Å². The summed E-state index contributed by atoms with van der Waals surface area (Å²) < 4.78 is 0. The molecule has 3 N–H and O–H groups in total. The van der Waals surface area contributed by atoms with Gasteiger partial charge in [0.15, 0.2) is 0 Å². The number of para-hydroxylation sites is 2. The van der Waals surface area contributed by atoms with Gasteiger partial charge in [-0.25, -0.2) is 0 Å². The Hall–Kier alpha value is -3.42. The lowest BCUT2D eigenvalue weighted by Crippen LogP contribution is -2.48. The average Bonchev–Trinajstić information content (AvgIpc) is 2.70. The van der Waals surface area contributed by atoms with E-state index in [4.69, 9.17) is 0 Å². The van der Waals surface area contributed by atoms with Crippen LogP contribution in [0.4, 0.5) is 11.4 Å². The van der Waals surface area contributed by atoms with E-state index in [1.165, 1.54) is 6.07 Å². The number of carbonyl (C=O) groups excluding carboxylic acids is 2. The SMILES string of the molecule is Cc1ccccc1C(=O)N[C@H](CC(C)C)C(=O)NCCNc1ccccc1[N+](=O)[O-]. The van der Waals surface area contributed by atoms with Crippen LogP contribution in [0.15, 0.2) is 48.5 Å². The Balaban J connectivity index is 1.93. The standard InChI is InChI=1S/C22H28N4O4/c1-15(2)14-19(25-21(27)17-9-5-4-8-16(17)3)22(28)24-13-12-23-18-10-6-7-11-20(18)26(29)30/h4-11,15,19,23H,12-14H2,1-3H3,(H,24,28)(H,25,27)/t19-/m1/s1. The zero-order valence-electron chi connectivity index (χ0n) is 17.5. The highest BCUT2D eigenvalue weighted by Crippen LogP contribution is 2.22. The average molecular weight is 412 g/mol. The maximum absolute atomic E-state index is 12.7. The maximum atomic E-state index is 12.7. The van der Waals surface area contributed by atoms with Gasteiger partial charge in [0, 0.05) is 24.7 Å². The fourth-order valence-corrected chi connectivity index (χ4v) is 3.05. The molecule has 0 spiro atoms. The second-order valence-corrected chi connectivity index (χ2v) is 7.46. The van der Waals surface area contributed by atoms with Crippen molar-refractivity contribution in [2.45, 2.75) is 33.2 Å². The zero-order chi connectivity index (χ0) is 22.1. The Morgan fingerprint density at radius 3 is 2.37 bits per heavy atom. The number of hydrogen-bond donors (Lipinski definition) is 3. The summed E-state index contributed by atoms with van der Waals surface area (Å²) in [5, 5.41) is 19.6. The predicted molar refractivity (Wildman–Crippen MR) is 116 cm³/mol. The molecule has 0 aromatic heterocycles. The molecule has 0 aliphatic rings. The number of hydrogen-bond acceptors (Lipinski definition) is 5. The molecule has 30 heavy (non-hydrogen) atoms. The minimum atomic E-state index is -0.664. The highest BCUT2D eigenvalue weighted by molar-refractivity contribution is 5.98. The number of aryl methyl sites for hydroxylation is 1. The van der Waals surface area contributed by atoms with Crippen LogP contribution in [0.25, 0.3) is 0 Å². The number of nitrogens with one attached hydrogen (secondary N) is 3. The van der Waals surface area contributed by atoms with E-state index in [1.54, 1.807) is 30.3 Å². The van der Waals surface area contributed by atoms with Crippen molar-refractivity contribution >= 4 is 23.2 Å². The number of benzene rings is 2. The van der Waals surface area contributed by atoms with Crippen LogP contribution in [-0.2, 0) is 4.79 Å². The largest absolute Gasteiger partial charge is 0.378 e. The number of amides is 2. The van der Waals surface area contributed by atoms with Gasteiger partial charge in [0.2, 0.25) is 5.91 Å². The van der Waals surface area contributed by atoms with Crippen LogP contribution in [0.2, 0.25) is 0 Å². The minimum absolute atomic E-state index is 0.0213. The quantitative estimate of drug-likeness (QED) is 0.315. The smallest absolute Gasteiger partial charge is 0.292 e. The van der Waals surface area contributed by atoms with Gasteiger partial charge in [-0.05, 0) is 37.0 Å². The molecule has 0 saturated carbocycles. The number of carbonyl (C=O) groups is 2. The van der Waals surface area contributed by atoms with E-state index >= 15 is 0 Å². The van der Waals surface area contributed by atoms with Gasteiger partial charge in [0.1, 0.15) is 11.7 Å². The molecular formula is C22H28N4O4. The Morgan fingerprint density at radius 2 is 1.70 bits per heavy atom. The Morgan fingerprint density at radius 1 is 1.03 bits per heavy atom. The third kappa shape index (κ3) is 6.58. The molecule has 0 aliphatic heterocycles. The van der Waals surface area contributed by atoms with E-state index in [9.17, 15) is 19.7 Å². The van der Waals surface area contributed by atoms with Crippen molar-refractivity contribution in [3.63, 3.8) is 0 Å². The molecule has 8 heteroatoms. The molecule has 160 valence electrons. The van der Waals surface area contributed by atoms with Crippen molar-refractivity contribution in [2.24, 2.45) is 5.92 Å². The minimum Gasteiger partial charge on any atom is -0.378 e. The Bertz CT molecular complexity index is 898. The molecule has 2 aromatic rings. The van der Waals surface area contributed by atoms with E-state index in [0.29, 0.717) is 24.2 Å². The van der Waals surface area contributed by atoms with E-state index < -0.39 is 11.0 Å². The summed E-state index contributed by atoms with van der Waals surface area (Å²) in [5.41, 5.74) is 1.75. The zero-order valence-corrected chi connectivity index (χ0v) is 17.5. The number of nitrogens with zero attached hydrogens (tertiary/aromatic N) is 1. The first kappa shape index (κ1) is 22.9. The molecule has 0 saturated heterocycles. The topological polar surface area (TPSA) is 113 Å². The molecule has 0 radical (unpaired) electrons. The molecule has 8 nitrogen and oxygen atoms in total. The third-order valence-electron chi connectivity index (χ3n) is 4.56. The lowest BCUT2D eigenvalue weighted by atomic mass is 10.0.